The van der Waals surface area contributed by atoms with E-state index in [-0.39, 0.29) is 70.6 Å². The highest BCUT2D eigenvalue weighted by molar-refractivity contribution is 5.93. The summed E-state index contributed by atoms with van der Waals surface area (Å²) in [7, 11) is 0. The van der Waals surface area contributed by atoms with E-state index >= 15 is 0 Å². The summed E-state index contributed by atoms with van der Waals surface area (Å²) in [6.07, 6.45) is 34.1. The maximum atomic E-state index is 13.6. The zero-order valence-electron chi connectivity index (χ0n) is 68.4. The SMILES string of the molecule is CCCC1CCC(c2ccc(OC(=O)c3ccc(OCCCCCCOC(=O)CCC(=O)OCCCCCCOc4ccc(OCCCCCCOC(=O)CCC(=O)OCCCCCCOc5ccc(C(=O)Oc6ccc(C7CCC(CCC)CC7)cc6)cc5)c(C(=O)OCCCCCCOC5CCCCO5)c4)cc3)cc2)CC1. The van der Waals surface area contributed by atoms with Crippen molar-refractivity contribution in [2.24, 2.45) is 11.8 Å². The second-order valence-corrected chi connectivity index (χ2v) is 30.8. The predicted molar refractivity (Wildman–Crippen MR) is 438 cm³/mol. The number of unbranched alkanes of at least 4 members (excludes halogenated alkanes) is 15. The van der Waals surface area contributed by atoms with Crippen LogP contribution >= 0.6 is 0 Å². The molecule has 0 bridgehead atoms. The van der Waals surface area contributed by atoms with Crippen molar-refractivity contribution in [1.82, 2.24) is 0 Å². The molecule has 0 amide bonds. The van der Waals surface area contributed by atoms with Gasteiger partial charge in [-0.3, -0.25) is 19.2 Å². The van der Waals surface area contributed by atoms with Gasteiger partial charge >= 0.3 is 41.8 Å². The van der Waals surface area contributed by atoms with E-state index < -0.39 is 41.8 Å². The third-order valence-electron chi connectivity index (χ3n) is 21.6. The molecule has 20 heteroatoms. The Labute approximate surface area is 678 Å². The molecule has 0 aromatic heterocycles. The molecule has 114 heavy (non-hydrogen) atoms. The maximum absolute atomic E-state index is 13.6. The highest BCUT2D eigenvalue weighted by Gasteiger charge is 2.25. The van der Waals surface area contributed by atoms with E-state index in [1.54, 1.807) is 66.7 Å². The third-order valence-corrected chi connectivity index (χ3v) is 21.6. The highest BCUT2D eigenvalue weighted by atomic mass is 16.7. The Morgan fingerprint density at radius 2 is 0.667 bits per heavy atom. The summed E-state index contributed by atoms with van der Waals surface area (Å²) >= 11 is 0. The minimum atomic E-state index is -0.489. The molecule has 5 aromatic carbocycles. The fraction of sp³-hybridized carbons (Fsp3) is 0.606. The molecule has 8 rings (SSSR count). The molecule has 1 heterocycles. The monoisotopic (exact) mass is 1580 g/mol. The summed E-state index contributed by atoms with van der Waals surface area (Å²) in [5, 5.41) is 0. The van der Waals surface area contributed by atoms with Crippen LogP contribution in [-0.4, -0.2) is 121 Å². The zero-order chi connectivity index (χ0) is 80.3. The van der Waals surface area contributed by atoms with Gasteiger partial charge in [-0.15, -0.1) is 0 Å². The standard InChI is InChI=1S/C94H130O20/c1-3-27-72-30-34-74(35-31-72)76-38-50-82(51-39-76)113-92(99)78-42-46-80(47-43-78)102-60-16-5-9-20-64-106-87(95)56-57-89(97)108-66-22-11-7-18-62-104-84-54-55-86(85(71-84)94(101)112-70-25-14-13-24-68-110-91-29-15-26-69-111-91)105-63-19-8-12-23-67-109-90(98)59-58-88(96)107-65-21-10-6-17-61-103-81-48-44-79(45-49-81)93(100)114-83-52-40-77(41-53-83)75-36-32-73(28-4-2)33-37-75/h38-55,71-75,91H,3-37,56-70H2,1-2H3. The first kappa shape index (κ1) is 91.0. The lowest BCUT2D eigenvalue weighted by Crippen LogP contribution is -2.22. The van der Waals surface area contributed by atoms with Gasteiger partial charge in [0.2, 0.25) is 0 Å². The summed E-state index contributed by atoms with van der Waals surface area (Å²) in [5.41, 5.74) is 3.84. The summed E-state index contributed by atoms with van der Waals surface area (Å²) in [6.45, 7) is 9.05. The van der Waals surface area contributed by atoms with E-state index in [1.807, 2.05) is 24.3 Å². The molecule has 0 spiro atoms. The van der Waals surface area contributed by atoms with Crippen LogP contribution in [0, 0.1) is 11.8 Å². The topological polar surface area (TPSA) is 239 Å². The number of esters is 7. The number of benzene rings is 5. The predicted octanol–water partition coefficient (Wildman–Crippen LogP) is 21.4. The lowest BCUT2D eigenvalue weighted by Gasteiger charge is -2.28. The average molecular weight is 1580 g/mol. The Morgan fingerprint density at radius 1 is 0.325 bits per heavy atom. The summed E-state index contributed by atoms with van der Waals surface area (Å²) in [4.78, 5) is 88.8. The number of ether oxygens (including phenoxy) is 13. The van der Waals surface area contributed by atoms with Crippen molar-refractivity contribution in [2.45, 2.75) is 282 Å². The van der Waals surface area contributed by atoms with Crippen molar-refractivity contribution in [3.8, 4) is 34.5 Å². The molecule has 3 fully saturated rings. The van der Waals surface area contributed by atoms with Crippen LogP contribution in [0.15, 0.2) is 115 Å². The van der Waals surface area contributed by atoms with Crippen LogP contribution in [-0.2, 0) is 52.3 Å². The van der Waals surface area contributed by atoms with Crippen LogP contribution in [0.2, 0.25) is 0 Å². The molecule has 626 valence electrons. The Balaban J connectivity index is 0.598. The number of carbonyl (C=O) groups is 7. The first-order chi connectivity index (χ1) is 55.9. The Bertz CT molecular complexity index is 3520. The van der Waals surface area contributed by atoms with Gasteiger partial charge in [-0.05, 0) is 318 Å². The van der Waals surface area contributed by atoms with Crippen LogP contribution in [0.25, 0.3) is 0 Å². The largest absolute Gasteiger partial charge is 0.494 e. The van der Waals surface area contributed by atoms with Gasteiger partial charge in [0.1, 0.15) is 40.1 Å². The first-order valence-electron chi connectivity index (χ1n) is 43.4. The summed E-state index contributed by atoms with van der Waals surface area (Å²) in [5.74, 6) is 3.19. The molecule has 1 atom stereocenters. The quantitative estimate of drug-likeness (QED) is 0.0152. The molecule has 20 nitrogen and oxygen atoms in total. The van der Waals surface area contributed by atoms with E-state index in [1.165, 1.54) is 88.2 Å². The minimum Gasteiger partial charge on any atom is -0.494 e. The van der Waals surface area contributed by atoms with Crippen molar-refractivity contribution in [2.75, 3.05) is 72.7 Å². The molecular formula is C94H130O20. The molecule has 1 unspecified atom stereocenters. The summed E-state index contributed by atoms with van der Waals surface area (Å²) in [6, 6.07) is 35.1. The number of rotatable bonds is 57. The first-order valence-corrected chi connectivity index (χ1v) is 43.4. The van der Waals surface area contributed by atoms with Crippen molar-refractivity contribution in [1.29, 1.82) is 0 Å². The molecule has 1 aliphatic heterocycles. The molecule has 0 radical (unpaired) electrons. The van der Waals surface area contributed by atoms with Crippen LogP contribution in [0.3, 0.4) is 0 Å². The van der Waals surface area contributed by atoms with Crippen molar-refractivity contribution >= 4 is 41.8 Å². The van der Waals surface area contributed by atoms with Gasteiger partial charge in [0.15, 0.2) is 6.29 Å². The van der Waals surface area contributed by atoms with Crippen molar-refractivity contribution in [3.63, 3.8) is 0 Å². The Kier molecular flexibility index (Phi) is 44.0. The van der Waals surface area contributed by atoms with Crippen LogP contribution in [0.4, 0.5) is 0 Å². The number of hydrogen-bond acceptors (Lipinski definition) is 20. The fourth-order valence-electron chi connectivity index (χ4n) is 14.9. The average Bonchev–Trinajstić information content (AvgIpc) is 0.836. The van der Waals surface area contributed by atoms with Crippen LogP contribution in [0.5, 0.6) is 34.5 Å². The Hall–Kier alpha value is -8.49. The summed E-state index contributed by atoms with van der Waals surface area (Å²) < 4.78 is 74.1. The number of carbonyl (C=O) groups excluding carboxylic acids is 7. The van der Waals surface area contributed by atoms with Crippen LogP contribution in [0.1, 0.15) is 318 Å². The second-order valence-electron chi connectivity index (χ2n) is 30.8. The minimum absolute atomic E-state index is 0.0383. The van der Waals surface area contributed by atoms with E-state index in [0.29, 0.717) is 129 Å². The van der Waals surface area contributed by atoms with Gasteiger partial charge in [-0.1, -0.05) is 70.2 Å². The molecule has 2 aliphatic carbocycles. The van der Waals surface area contributed by atoms with Gasteiger partial charge in [0.25, 0.3) is 0 Å². The van der Waals surface area contributed by atoms with Crippen LogP contribution < -0.4 is 28.4 Å². The molecule has 2 saturated carbocycles. The van der Waals surface area contributed by atoms with Crippen molar-refractivity contribution in [3.05, 3.63) is 143 Å². The number of hydrogen-bond donors (Lipinski definition) is 0. The van der Waals surface area contributed by atoms with Crippen molar-refractivity contribution < 1.29 is 95.1 Å². The zero-order valence-corrected chi connectivity index (χ0v) is 68.4. The van der Waals surface area contributed by atoms with E-state index in [0.717, 1.165) is 128 Å². The second kappa shape index (κ2) is 55.1. The third kappa shape index (κ3) is 37.0. The lowest BCUT2D eigenvalue weighted by atomic mass is 9.77. The molecular weight excluding hydrogens is 1450 g/mol. The van der Waals surface area contributed by atoms with E-state index in [9.17, 15) is 33.6 Å². The lowest BCUT2D eigenvalue weighted by molar-refractivity contribution is -0.162. The molecule has 1 saturated heterocycles. The van der Waals surface area contributed by atoms with Gasteiger partial charge in [-0.2, -0.15) is 0 Å². The van der Waals surface area contributed by atoms with Gasteiger partial charge in [-0.25, -0.2) is 14.4 Å². The van der Waals surface area contributed by atoms with Gasteiger partial charge in [0, 0.05) is 13.2 Å². The Morgan fingerprint density at radius 3 is 1.04 bits per heavy atom. The smallest absolute Gasteiger partial charge is 0.343 e. The van der Waals surface area contributed by atoms with Gasteiger partial charge in [0.05, 0.1) is 96.3 Å². The fourth-order valence-corrected chi connectivity index (χ4v) is 14.9. The normalized spacial score (nSPS) is 16.7. The van der Waals surface area contributed by atoms with E-state index in [4.69, 9.17) is 61.6 Å². The van der Waals surface area contributed by atoms with E-state index in [2.05, 4.69) is 38.1 Å². The maximum Gasteiger partial charge on any atom is 0.343 e. The molecule has 3 aliphatic rings. The molecule has 0 N–H and O–H groups in total. The van der Waals surface area contributed by atoms with Gasteiger partial charge < -0.3 is 61.6 Å². The molecule has 5 aromatic rings. The highest BCUT2D eigenvalue weighted by Crippen LogP contribution is 2.40.